The number of nitrogens with two attached hydrogens (primary N) is 1. The molecule has 3 aromatic rings. The van der Waals surface area contributed by atoms with Gasteiger partial charge >= 0.3 is 0 Å². The van der Waals surface area contributed by atoms with Gasteiger partial charge in [-0.05, 0) is 34.2 Å². The fourth-order valence-corrected chi connectivity index (χ4v) is 2.38. The first-order chi connectivity index (χ1) is 10.4. The van der Waals surface area contributed by atoms with Crippen molar-refractivity contribution in [1.82, 2.24) is 10.2 Å². The third-order valence-electron chi connectivity index (χ3n) is 3.68. The molecule has 0 saturated heterocycles. The minimum absolute atomic E-state index is 0.178. The molecule has 0 aliphatic carbocycles. The second-order valence-electron chi connectivity index (χ2n) is 6.20. The lowest BCUT2D eigenvalue weighted by Crippen LogP contribution is -2.10. The van der Waals surface area contributed by atoms with E-state index in [2.05, 4.69) is 67.4 Å². The van der Waals surface area contributed by atoms with Crippen LogP contribution < -0.4 is 5.73 Å². The highest BCUT2D eigenvalue weighted by Crippen LogP contribution is 2.29. The maximum atomic E-state index is 5.86. The summed E-state index contributed by atoms with van der Waals surface area (Å²) >= 11 is 0. The van der Waals surface area contributed by atoms with Gasteiger partial charge in [0.05, 0.1) is 5.52 Å². The van der Waals surface area contributed by atoms with Gasteiger partial charge in [0.2, 0.25) is 0 Å². The highest BCUT2D eigenvalue weighted by molar-refractivity contribution is 5.92. The van der Waals surface area contributed by atoms with Crippen LogP contribution in [0, 0.1) is 0 Å². The van der Waals surface area contributed by atoms with E-state index in [9.17, 15) is 0 Å². The molecule has 0 unspecified atom stereocenters. The van der Waals surface area contributed by atoms with Crippen LogP contribution in [0.15, 0.2) is 42.5 Å². The van der Waals surface area contributed by atoms with Crippen LogP contribution in [0.2, 0.25) is 0 Å². The third-order valence-corrected chi connectivity index (χ3v) is 3.68. The Morgan fingerprint density at radius 3 is 2.09 bits per heavy atom. The zero-order chi connectivity index (χ0) is 16.3. The molecule has 3 rings (SSSR count). The fraction of sp³-hybridized carbons (Fsp3) is 0.316. The summed E-state index contributed by atoms with van der Waals surface area (Å²) in [4.78, 5) is 0. The Labute approximate surface area is 132 Å². The van der Waals surface area contributed by atoms with Crippen LogP contribution >= 0.6 is 0 Å². The summed E-state index contributed by atoms with van der Waals surface area (Å²) in [6, 6.07) is 14.9. The average molecular weight is 295 g/mol. The van der Waals surface area contributed by atoms with Gasteiger partial charge in [-0.25, -0.2) is 0 Å². The molecule has 1 aromatic heterocycles. The number of aromatic nitrogens is 2. The number of fused-ring (bicyclic) bond motifs is 1. The van der Waals surface area contributed by atoms with Gasteiger partial charge in [-0.15, -0.1) is 0 Å². The Balaban J connectivity index is 0.000000847. The third kappa shape index (κ3) is 3.14. The first-order valence-electron chi connectivity index (χ1n) is 7.80. The maximum absolute atomic E-state index is 5.86. The zero-order valence-corrected chi connectivity index (χ0v) is 14.1. The Hall–Kier alpha value is -2.29. The smallest absolute Gasteiger partial charge is 0.153 e. The standard InChI is InChI=1S/C17H19N3.C2H6/c1-17(2,3)13-7-4-11(5-8-13)12-6-9-15-14(10-12)16(18)20-19-15;1-2/h4-10H,1-3H3,(H3,18,19,20);1-2H3. The predicted molar refractivity (Wildman–Crippen MR) is 96.0 cm³/mol. The van der Waals surface area contributed by atoms with Crippen molar-refractivity contribution in [2.75, 3.05) is 5.73 Å². The van der Waals surface area contributed by atoms with Gasteiger partial charge < -0.3 is 5.73 Å². The van der Waals surface area contributed by atoms with Gasteiger partial charge in [-0.2, -0.15) is 5.10 Å². The van der Waals surface area contributed by atoms with Crippen LogP contribution in [0.1, 0.15) is 40.2 Å². The number of rotatable bonds is 1. The monoisotopic (exact) mass is 295 g/mol. The van der Waals surface area contributed by atoms with Crippen molar-refractivity contribution in [3.05, 3.63) is 48.0 Å². The number of nitrogen functional groups attached to an aromatic ring is 1. The summed E-state index contributed by atoms with van der Waals surface area (Å²) in [7, 11) is 0. The molecule has 116 valence electrons. The molecular weight excluding hydrogens is 270 g/mol. The van der Waals surface area contributed by atoms with E-state index < -0.39 is 0 Å². The molecule has 0 aliphatic heterocycles. The minimum Gasteiger partial charge on any atom is -0.382 e. The molecule has 0 fully saturated rings. The lowest BCUT2D eigenvalue weighted by atomic mass is 9.86. The van der Waals surface area contributed by atoms with Crippen LogP contribution in [-0.2, 0) is 5.41 Å². The lowest BCUT2D eigenvalue weighted by molar-refractivity contribution is 0.590. The zero-order valence-electron chi connectivity index (χ0n) is 14.1. The van der Waals surface area contributed by atoms with E-state index in [0.29, 0.717) is 5.82 Å². The largest absolute Gasteiger partial charge is 0.382 e. The number of benzene rings is 2. The van der Waals surface area contributed by atoms with Crippen LogP contribution in [0.5, 0.6) is 0 Å². The van der Waals surface area contributed by atoms with Crippen LogP contribution in [0.4, 0.5) is 5.82 Å². The quantitative estimate of drug-likeness (QED) is 0.653. The Morgan fingerprint density at radius 1 is 0.909 bits per heavy atom. The van der Waals surface area contributed by atoms with Crippen molar-refractivity contribution in [1.29, 1.82) is 0 Å². The Bertz CT molecular complexity index is 746. The number of aromatic amines is 1. The van der Waals surface area contributed by atoms with Crippen molar-refractivity contribution >= 4 is 16.7 Å². The minimum atomic E-state index is 0.178. The molecule has 0 atom stereocenters. The van der Waals surface area contributed by atoms with Gasteiger partial charge in [0.1, 0.15) is 0 Å². The molecule has 3 heteroatoms. The molecule has 0 radical (unpaired) electrons. The SMILES string of the molecule is CC.CC(C)(C)c1ccc(-c2ccc3[nH]nc(N)c3c2)cc1. The van der Waals surface area contributed by atoms with Crippen molar-refractivity contribution in [2.45, 2.75) is 40.0 Å². The summed E-state index contributed by atoms with van der Waals surface area (Å²) in [5, 5.41) is 7.92. The molecule has 3 N–H and O–H groups in total. The molecular formula is C19H25N3. The van der Waals surface area contributed by atoms with Crippen LogP contribution in [0.25, 0.3) is 22.0 Å². The number of anilines is 1. The van der Waals surface area contributed by atoms with Crippen LogP contribution in [-0.4, -0.2) is 10.2 Å². The molecule has 0 amide bonds. The number of hydrogen-bond acceptors (Lipinski definition) is 2. The molecule has 1 heterocycles. The molecule has 3 nitrogen and oxygen atoms in total. The summed E-state index contributed by atoms with van der Waals surface area (Å²) in [6.45, 7) is 10.7. The van der Waals surface area contributed by atoms with Gasteiger partial charge in [-0.1, -0.05) is 65.0 Å². The first kappa shape index (κ1) is 16.1. The van der Waals surface area contributed by atoms with E-state index in [4.69, 9.17) is 5.73 Å². The first-order valence-corrected chi connectivity index (χ1v) is 7.80. The summed E-state index contributed by atoms with van der Waals surface area (Å²) in [6.07, 6.45) is 0. The van der Waals surface area contributed by atoms with Gasteiger partial charge in [-0.3, -0.25) is 5.10 Å². The molecule has 0 aliphatic rings. The maximum Gasteiger partial charge on any atom is 0.153 e. The highest BCUT2D eigenvalue weighted by atomic mass is 15.1. The van der Waals surface area contributed by atoms with Crippen molar-refractivity contribution in [3.8, 4) is 11.1 Å². The topological polar surface area (TPSA) is 54.7 Å². The molecule has 0 spiro atoms. The summed E-state index contributed by atoms with van der Waals surface area (Å²) in [5.74, 6) is 0.549. The molecule has 22 heavy (non-hydrogen) atoms. The number of nitrogens with one attached hydrogen (secondary N) is 1. The number of nitrogens with zero attached hydrogens (tertiary/aromatic N) is 1. The average Bonchev–Trinajstić information content (AvgIpc) is 2.89. The molecule has 2 aromatic carbocycles. The second-order valence-corrected chi connectivity index (χ2v) is 6.20. The van der Waals surface area contributed by atoms with E-state index >= 15 is 0 Å². The second kappa shape index (κ2) is 6.22. The Kier molecular flexibility index (Phi) is 4.55. The predicted octanol–water partition coefficient (Wildman–Crippen LogP) is 5.14. The van der Waals surface area contributed by atoms with E-state index in [1.54, 1.807) is 0 Å². The van der Waals surface area contributed by atoms with Crippen molar-refractivity contribution in [3.63, 3.8) is 0 Å². The summed E-state index contributed by atoms with van der Waals surface area (Å²) < 4.78 is 0. The van der Waals surface area contributed by atoms with Crippen molar-refractivity contribution < 1.29 is 0 Å². The Morgan fingerprint density at radius 2 is 1.50 bits per heavy atom. The van der Waals surface area contributed by atoms with Gasteiger partial charge in [0.25, 0.3) is 0 Å². The van der Waals surface area contributed by atoms with E-state index in [-0.39, 0.29) is 5.41 Å². The van der Waals surface area contributed by atoms with Crippen LogP contribution in [0.3, 0.4) is 0 Å². The molecule has 0 saturated carbocycles. The van der Waals surface area contributed by atoms with E-state index in [1.807, 2.05) is 19.9 Å². The van der Waals surface area contributed by atoms with Gasteiger partial charge in [0, 0.05) is 5.39 Å². The normalized spacial score (nSPS) is 11.1. The lowest BCUT2D eigenvalue weighted by Gasteiger charge is -2.19. The van der Waals surface area contributed by atoms with Crippen molar-refractivity contribution in [2.24, 2.45) is 0 Å². The van der Waals surface area contributed by atoms with E-state index in [1.165, 1.54) is 11.1 Å². The van der Waals surface area contributed by atoms with Gasteiger partial charge in [0.15, 0.2) is 5.82 Å². The molecule has 0 bridgehead atoms. The van der Waals surface area contributed by atoms with E-state index in [0.717, 1.165) is 16.5 Å². The number of hydrogen-bond donors (Lipinski definition) is 2. The number of H-pyrrole nitrogens is 1. The summed E-state index contributed by atoms with van der Waals surface area (Å²) in [5.41, 5.74) is 10.7. The fourth-order valence-electron chi connectivity index (χ4n) is 2.38. The highest BCUT2D eigenvalue weighted by Gasteiger charge is 2.13.